The summed E-state index contributed by atoms with van der Waals surface area (Å²) in [6.45, 7) is 4.72. The van der Waals surface area contributed by atoms with Gasteiger partial charge in [0.1, 0.15) is 0 Å². The van der Waals surface area contributed by atoms with E-state index in [1.807, 2.05) is 31.5 Å². The summed E-state index contributed by atoms with van der Waals surface area (Å²) >= 11 is 2.28. The van der Waals surface area contributed by atoms with E-state index < -0.39 is 0 Å². The number of aromatic nitrogens is 5. The maximum absolute atomic E-state index is 5.96. The molecule has 1 aliphatic heterocycles. The standard InChI is InChI=1S/C24H27IN6O2S/c1-4-33-24-21(14-30(28-24)18-7-9-29(2)10-8-18)17-11-19-20(15-31(34-25)23(19)27-13-17)16-5-6-22(32-3)26-12-16/h5-6,11-15,18H,4,7-10H2,1-3H3. The highest BCUT2D eigenvalue weighted by Crippen LogP contribution is 2.38. The number of methoxy groups -OCH3 is 1. The molecule has 0 N–H and O–H groups in total. The first kappa shape index (κ1) is 23.4. The zero-order valence-corrected chi connectivity index (χ0v) is 22.4. The molecule has 178 valence electrons. The van der Waals surface area contributed by atoms with Crippen molar-refractivity contribution in [2.24, 2.45) is 0 Å². The van der Waals surface area contributed by atoms with Crippen molar-refractivity contribution in [3.8, 4) is 34.0 Å². The minimum Gasteiger partial charge on any atom is -0.481 e. The Balaban J connectivity index is 1.58. The molecule has 1 saturated heterocycles. The van der Waals surface area contributed by atoms with Crippen molar-refractivity contribution in [3.63, 3.8) is 0 Å². The van der Waals surface area contributed by atoms with E-state index in [9.17, 15) is 0 Å². The number of hydrogen-bond donors (Lipinski definition) is 0. The number of fused-ring (bicyclic) bond motifs is 1. The van der Waals surface area contributed by atoms with Gasteiger partial charge >= 0.3 is 0 Å². The van der Waals surface area contributed by atoms with Crippen LogP contribution in [0.1, 0.15) is 25.8 Å². The van der Waals surface area contributed by atoms with E-state index in [0.717, 1.165) is 59.2 Å². The van der Waals surface area contributed by atoms with Crippen LogP contribution in [0.3, 0.4) is 0 Å². The zero-order chi connectivity index (χ0) is 23.7. The summed E-state index contributed by atoms with van der Waals surface area (Å²) in [6.07, 6.45) is 10.2. The van der Waals surface area contributed by atoms with Gasteiger partial charge in [-0.25, -0.2) is 9.97 Å². The van der Waals surface area contributed by atoms with Gasteiger partial charge in [0.25, 0.3) is 0 Å². The zero-order valence-electron chi connectivity index (χ0n) is 19.4. The Bertz CT molecular complexity index is 1280. The quantitative estimate of drug-likeness (QED) is 0.264. The van der Waals surface area contributed by atoms with Gasteiger partial charge in [-0.3, -0.25) is 8.65 Å². The predicted octanol–water partition coefficient (Wildman–Crippen LogP) is 5.48. The highest BCUT2D eigenvalue weighted by Gasteiger charge is 2.23. The maximum atomic E-state index is 5.96. The summed E-state index contributed by atoms with van der Waals surface area (Å²) < 4.78 is 15.4. The van der Waals surface area contributed by atoms with E-state index in [0.29, 0.717) is 24.4 Å². The second-order valence-electron chi connectivity index (χ2n) is 8.42. The number of ether oxygens (including phenoxy) is 2. The smallest absolute Gasteiger partial charge is 0.240 e. The van der Waals surface area contributed by atoms with Crippen LogP contribution < -0.4 is 9.47 Å². The van der Waals surface area contributed by atoms with Crippen molar-refractivity contribution in [1.29, 1.82) is 0 Å². The lowest BCUT2D eigenvalue weighted by Crippen LogP contribution is -2.31. The fourth-order valence-corrected chi connectivity index (χ4v) is 5.69. The topological polar surface area (TPSA) is 70.2 Å². The molecule has 5 heterocycles. The van der Waals surface area contributed by atoms with Crippen LogP contribution >= 0.6 is 30.3 Å². The van der Waals surface area contributed by atoms with Crippen LogP contribution in [0.5, 0.6) is 11.8 Å². The molecular weight excluding hydrogens is 563 g/mol. The second-order valence-corrected chi connectivity index (χ2v) is 10.1. The largest absolute Gasteiger partial charge is 0.481 e. The summed E-state index contributed by atoms with van der Waals surface area (Å²) in [6, 6.07) is 6.48. The first-order valence-electron chi connectivity index (χ1n) is 11.3. The van der Waals surface area contributed by atoms with E-state index in [-0.39, 0.29) is 0 Å². The van der Waals surface area contributed by atoms with Crippen LogP contribution in [0.2, 0.25) is 0 Å². The normalized spacial score (nSPS) is 15.2. The molecule has 0 unspecified atom stereocenters. The van der Waals surface area contributed by atoms with Crippen LogP contribution in [0.25, 0.3) is 33.3 Å². The number of likely N-dealkylation sites (tertiary alicyclic amines) is 1. The number of piperidine rings is 1. The lowest BCUT2D eigenvalue weighted by molar-refractivity contribution is 0.209. The SMILES string of the molecule is CCOc1nn(C2CCN(C)CC2)cc1-c1cnc2c(c1)c(-c1ccc(OC)nc1)cn2SI. The molecule has 0 aliphatic carbocycles. The van der Waals surface area contributed by atoms with Gasteiger partial charge in [0.05, 0.1) is 25.3 Å². The summed E-state index contributed by atoms with van der Waals surface area (Å²) in [5.41, 5.74) is 4.97. The van der Waals surface area contributed by atoms with Crippen LogP contribution in [-0.2, 0) is 0 Å². The highest BCUT2D eigenvalue weighted by atomic mass is 127. The van der Waals surface area contributed by atoms with Crippen molar-refractivity contribution < 1.29 is 9.47 Å². The van der Waals surface area contributed by atoms with Gasteiger partial charge in [-0.05, 0) is 52.0 Å². The molecule has 10 heteroatoms. The monoisotopic (exact) mass is 590 g/mol. The maximum Gasteiger partial charge on any atom is 0.240 e. The summed E-state index contributed by atoms with van der Waals surface area (Å²) in [7, 11) is 5.39. The first-order chi connectivity index (χ1) is 16.6. The average molecular weight is 590 g/mol. The molecule has 0 aromatic carbocycles. The Morgan fingerprint density at radius 1 is 1.09 bits per heavy atom. The third-order valence-electron chi connectivity index (χ3n) is 6.30. The lowest BCUT2D eigenvalue weighted by atomic mass is 10.0. The molecule has 1 fully saturated rings. The van der Waals surface area contributed by atoms with Gasteiger partial charge in [0.2, 0.25) is 11.8 Å². The minimum atomic E-state index is 0.387. The van der Waals surface area contributed by atoms with Crippen LogP contribution in [0.4, 0.5) is 0 Å². The van der Waals surface area contributed by atoms with E-state index >= 15 is 0 Å². The van der Waals surface area contributed by atoms with Gasteiger partial charge in [0.15, 0.2) is 5.65 Å². The molecule has 4 aromatic rings. The van der Waals surface area contributed by atoms with Gasteiger partial charge < -0.3 is 14.4 Å². The second kappa shape index (κ2) is 10.1. The number of nitrogens with zero attached hydrogens (tertiary/aromatic N) is 6. The Morgan fingerprint density at radius 3 is 2.56 bits per heavy atom. The van der Waals surface area contributed by atoms with Crippen LogP contribution in [0.15, 0.2) is 43.0 Å². The van der Waals surface area contributed by atoms with Crippen molar-refractivity contribution in [2.75, 3.05) is 33.9 Å². The van der Waals surface area contributed by atoms with Gasteiger partial charge in [-0.15, -0.1) is 5.10 Å². The van der Waals surface area contributed by atoms with Gasteiger partial charge in [-0.1, -0.05) is 0 Å². The predicted molar refractivity (Wildman–Crippen MR) is 145 cm³/mol. The molecule has 0 amide bonds. The Labute approximate surface area is 215 Å². The first-order valence-corrected chi connectivity index (χ1v) is 14.6. The molecule has 0 saturated carbocycles. The number of pyridine rings is 2. The van der Waals surface area contributed by atoms with E-state index in [1.165, 1.54) is 0 Å². The molecule has 0 radical (unpaired) electrons. The molecule has 5 rings (SSSR count). The number of halogens is 1. The lowest BCUT2D eigenvalue weighted by Gasteiger charge is -2.28. The van der Waals surface area contributed by atoms with Gasteiger partial charge in [-0.2, -0.15) is 0 Å². The molecule has 0 bridgehead atoms. The van der Waals surface area contributed by atoms with Crippen LogP contribution in [-0.4, -0.2) is 62.5 Å². The number of hydrogen-bond acceptors (Lipinski definition) is 7. The molecular formula is C24H27IN6O2S. The molecule has 1 aliphatic rings. The highest BCUT2D eigenvalue weighted by molar-refractivity contribution is 14.2. The van der Waals surface area contributed by atoms with Crippen LogP contribution in [0, 0.1) is 0 Å². The summed E-state index contributed by atoms with van der Waals surface area (Å²) in [4.78, 5) is 11.6. The van der Waals surface area contributed by atoms with Crippen molar-refractivity contribution in [1.82, 2.24) is 28.6 Å². The van der Waals surface area contributed by atoms with Crippen molar-refractivity contribution >= 4 is 41.4 Å². The Kier molecular flexibility index (Phi) is 6.98. The molecule has 0 atom stereocenters. The van der Waals surface area contributed by atoms with E-state index in [4.69, 9.17) is 19.6 Å². The molecule has 0 spiro atoms. The van der Waals surface area contributed by atoms with Crippen molar-refractivity contribution in [2.45, 2.75) is 25.8 Å². The Morgan fingerprint density at radius 2 is 1.88 bits per heavy atom. The third kappa shape index (κ3) is 4.50. The fourth-order valence-electron chi connectivity index (χ4n) is 4.43. The van der Waals surface area contributed by atoms with E-state index in [2.05, 4.69) is 65.3 Å². The third-order valence-corrected chi connectivity index (χ3v) is 8.00. The molecule has 8 nitrogen and oxygen atoms in total. The summed E-state index contributed by atoms with van der Waals surface area (Å²) in [5.74, 6) is 1.26. The van der Waals surface area contributed by atoms with Gasteiger partial charge in [0, 0.05) is 83.3 Å². The molecule has 34 heavy (non-hydrogen) atoms. The Hall–Kier alpha value is -2.31. The summed E-state index contributed by atoms with van der Waals surface area (Å²) in [5, 5.41) is 5.90. The fraction of sp³-hybridized carbons (Fsp3) is 0.375. The average Bonchev–Trinajstić information content (AvgIpc) is 3.46. The molecule has 4 aromatic heterocycles. The van der Waals surface area contributed by atoms with E-state index in [1.54, 1.807) is 16.2 Å². The van der Waals surface area contributed by atoms with Crippen molar-refractivity contribution in [3.05, 3.63) is 43.0 Å². The number of rotatable bonds is 7. The minimum absolute atomic E-state index is 0.387.